The van der Waals surface area contributed by atoms with E-state index in [0.29, 0.717) is 6.07 Å². The third-order valence-corrected chi connectivity index (χ3v) is 2.87. The molecular weight excluding hydrogens is 310 g/mol. The lowest BCUT2D eigenvalue weighted by Gasteiger charge is -2.16. The Hall–Kier alpha value is -2.51. The van der Waals surface area contributed by atoms with Crippen LogP contribution in [0.25, 0.3) is 0 Å². The Kier molecular flexibility index (Phi) is 6.62. The highest BCUT2D eigenvalue weighted by atomic mass is 19.1. The first kappa shape index (κ1) is 18.5. The molecule has 1 aromatic rings. The maximum absolute atomic E-state index is 13.0. The largest absolute Gasteiger partial charge is 0.480 e. The van der Waals surface area contributed by atoms with Crippen LogP contribution in [-0.2, 0) is 9.59 Å². The van der Waals surface area contributed by atoms with Crippen molar-refractivity contribution in [2.24, 2.45) is 5.92 Å². The Labute approximate surface area is 131 Å². The fourth-order valence-corrected chi connectivity index (χ4v) is 1.89. The van der Waals surface area contributed by atoms with Gasteiger partial charge in [-0.3, -0.25) is 9.59 Å². The molecule has 0 radical (unpaired) electrons. The number of nitrogens with one attached hydrogen (secondary N) is 2. The van der Waals surface area contributed by atoms with Crippen molar-refractivity contribution in [1.82, 2.24) is 10.6 Å². The van der Waals surface area contributed by atoms with Gasteiger partial charge in [-0.15, -0.1) is 0 Å². The second kappa shape index (κ2) is 8.21. The van der Waals surface area contributed by atoms with Gasteiger partial charge in [-0.1, -0.05) is 13.8 Å². The Morgan fingerprint density at radius 2 is 1.70 bits per heavy atom. The first-order valence-corrected chi connectivity index (χ1v) is 6.95. The Morgan fingerprint density at radius 1 is 1.13 bits per heavy atom. The first-order chi connectivity index (χ1) is 10.7. The van der Waals surface area contributed by atoms with Crippen LogP contribution in [0.2, 0.25) is 0 Å². The molecule has 0 fully saturated rings. The molecule has 0 spiro atoms. The molecule has 1 rings (SSSR count). The Morgan fingerprint density at radius 3 is 2.17 bits per heavy atom. The van der Waals surface area contributed by atoms with Gasteiger partial charge in [0.05, 0.1) is 6.54 Å². The van der Waals surface area contributed by atoms with E-state index in [9.17, 15) is 23.2 Å². The van der Waals surface area contributed by atoms with Gasteiger partial charge in [0.15, 0.2) is 0 Å². The number of rotatable bonds is 7. The molecule has 0 aromatic heterocycles. The van der Waals surface area contributed by atoms with Crippen molar-refractivity contribution in [3.63, 3.8) is 0 Å². The van der Waals surface area contributed by atoms with E-state index >= 15 is 0 Å². The van der Waals surface area contributed by atoms with E-state index in [0.717, 1.165) is 12.1 Å². The smallest absolute Gasteiger partial charge is 0.326 e. The van der Waals surface area contributed by atoms with Gasteiger partial charge in [0, 0.05) is 11.6 Å². The number of aliphatic carboxylic acids is 1. The standard InChI is InChI=1S/C15H18F2N2O4/c1-8(2)3-12(15(22)23)19-13(20)7-18-14(21)9-4-10(16)6-11(17)5-9/h4-6,8,12H,3,7H2,1-2H3,(H,18,21)(H,19,20)(H,22,23)/t12-/m0/s1. The normalized spacial score (nSPS) is 11.9. The van der Waals surface area contributed by atoms with E-state index in [-0.39, 0.29) is 17.9 Å². The Bertz CT molecular complexity index is 585. The zero-order valence-corrected chi connectivity index (χ0v) is 12.7. The summed E-state index contributed by atoms with van der Waals surface area (Å²) in [5, 5.41) is 13.5. The molecule has 0 aliphatic rings. The number of carboxylic acids is 1. The third kappa shape index (κ3) is 6.41. The number of carbonyl (C=O) groups excluding carboxylic acids is 2. The van der Waals surface area contributed by atoms with Crippen molar-refractivity contribution in [3.05, 3.63) is 35.4 Å². The predicted octanol–water partition coefficient (Wildman–Crippen LogP) is 1.31. The molecular formula is C15H18F2N2O4. The van der Waals surface area contributed by atoms with Crippen LogP contribution in [0.4, 0.5) is 8.78 Å². The predicted molar refractivity (Wildman–Crippen MR) is 77.7 cm³/mol. The van der Waals surface area contributed by atoms with Gasteiger partial charge in [0.1, 0.15) is 17.7 Å². The number of carbonyl (C=O) groups is 3. The number of carboxylic acid groups (broad SMARTS) is 1. The molecule has 126 valence electrons. The molecule has 0 saturated carbocycles. The molecule has 3 N–H and O–H groups in total. The highest BCUT2D eigenvalue weighted by Gasteiger charge is 2.21. The van der Waals surface area contributed by atoms with Gasteiger partial charge in [-0.25, -0.2) is 13.6 Å². The van der Waals surface area contributed by atoms with Crippen molar-refractivity contribution < 1.29 is 28.3 Å². The molecule has 0 heterocycles. The zero-order valence-electron chi connectivity index (χ0n) is 12.7. The first-order valence-electron chi connectivity index (χ1n) is 6.95. The minimum atomic E-state index is -1.18. The van der Waals surface area contributed by atoms with Crippen molar-refractivity contribution in [1.29, 1.82) is 0 Å². The van der Waals surface area contributed by atoms with Crippen molar-refractivity contribution in [2.75, 3.05) is 6.54 Å². The van der Waals surface area contributed by atoms with E-state index < -0.39 is 42.0 Å². The van der Waals surface area contributed by atoms with Gasteiger partial charge >= 0.3 is 5.97 Å². The third-order valence-electron chi connectivity index (χ3n) is 2.87. The SMILES string of the molecule is CC(C)C[C@H](NC(=O)CNC(=O)c1cc(F)cc(F)c1)C(=O)O. The number of hydrogen-bond acceptors (Lipinski definition) is 3. The number of benzene rings is 1. The van der Waals surface area contributed by atoms with E-state index in [1.165, 1.54) is 0 Å². The van der Waals surface area contributed by atoms with Gasteiger partial charge in [0.25, 0.3) is 5.91 Å². The van der Waals surface area contributed by atoms with E-state index in [4.69, 9.17) is 5.11 Å². The fourth-order valence-electron chi connectivity index (χ4n) is 1.89. The van der Waals surface area contributed by atoms with Crippen LogP contribution in [0.3, 0.4) is 0 Å². The Balaban J connectivity index is 2.57. The lowest BCUT2D eigenvalue weighted by molar-refractivity contribution is -0.142. The summed E-state index contributed by atoms with van der Waals surface area (Å²) < 4.78 is 26.0. The minimum absolute atomic E-state index is 0.0567. The molecule has 23 heavy (non-hydrogen) atoms. The molecule has 8 heteroatoms. The van der Waals surface area contributed by atoms with Crippen LogP contribution < -0.4 is 10.6 Å². The van der Waals surface area contributed by atoms with Crippen molar-refractivity contribution in [2.45, 2.75) is 26.3 Å². The maximum Gasteiger partial charge on any atom is 0.326 e. The molecule has 0 unspecified atom stereocenters. The van der Waals surface area contributed by atoms with Crippen LogP contribution in [0.15, 0.2) is 18.2 Å². The highest BCUT2D eigenvalue weighted by Crippen LogP contribution is 2.08. The molecule has 1 atom stereocenters. The van der Waals surface area contributed by atoms with Crippen LogP contribution in [0.1, 0.15) is 30.6 Å². The minimum Gasteiger partial charge on any atom is -0.480 e. The summed E-state index contributed by atoms with van der Waals surface area (Å²) in [5.41, 5.74) is -0.271. The van der Waals surface area contributed by atoms with E-state index in [1.54, 1.807) is 0 Å². The maximum atomic E-state index is 13.0. The summed E-state index contributed by atoms with van der Waals surface area (Å²) in [6.07, 6.45) is 0.240. The summed E-state index contributed by atoms with van der Waals surface area (Å²) in [4.78, 5) is 34.4. The summed E-state index contributed by atoms with van der Waals surface area (Å²) in [6.45, 7) is 3.11. The number of hydrogen-bond donors (Lipinski definition) is 3. The number of amides is 2. The molecule has 0 saturated heterocycles. The topological polar surface area (TPSA) is 95.5 Å². The molecule has 0 aliphatic carbocycles. The molecule has 0 bridgehead atoms. The molecule has 6 nitrogen and oxygen atoms in total. The van der Waals surface area contributed by atoms with Gasteiger partial charge < -0.3 is 15.7 Å². The van der Waals surface area contributed by atoms with Crippen LogP contribution >= 0.6 is 0 Å². The highest BCUT2D eigenvalue weighted by molar-refractivity contribution is 5.96. The van der Waals surface area contributed by atoms with Gasteiger partial charge in [0.2, 0.25) is 5.91 Å². The number of halogens is 2. The molecule has 1 aromatic carbocycles. The molecule has 0 aliphatic heterocycles. The summed E-state index contributed by atoms with van der Waals surface area (Å²) in [6, 6.07) is 1.21. The van der Waals surface area contributed by atoms with Crippen LogP contribution in [-0.4, -0.2) is 35.5 Å². The lowest BCUT2D eigenvalue weighted by atomic mass is 10.0. The van der Waals surface area contributed by atoms with Gasteiger partial charge in [-0.2, -0.15) is 0 Å². The summed E-state index contributed by atoms with van der Waals surface area (Å²) in [7, 11) is 0. The van der Waals surface area contributed by atoms with Crippen molar-refractivity contribution >= 4 is 17.8 Å². The zero-order chi connectivity index (χ0) is 17.6. The van der Waals surface area contributed by atoms with Crippen LogP contribution in [0.5, 0.6) is 0 Å². The van der Waals surface area contributed by atoms with Gasteiger partial charge in [-0.05, 0) is 24.5 Å². The average Bonchev–Trinajstić information content (AvgIpc) is 2.42. The second-order valence-corrected chi connectivity index (χ2v) is 5.43. The second-order valence-electron chi connectivity index (χ2n) is 5.43. The fraction of sp³-hybridized carbons (Fsp3) is 0.400. The monoisotopic (exact) mass is 328 g/mol. The summed E-state index contributed by atoms with van der Waals surface area (Å²) >= 11 is 0. The summed E-state index contributed by atoms with van der Waals surface area (Å²) in [5.74, 6) is -4.49. The van der Waals surface area contributed by atoms with E-state index in [1.807, 2.05) is 13.8 Å². The van der Waals surface area contributed by atoms with Crippen LogP contribution in [0, 0.1) is 17.6 Å². The van der Waals surface area contributed by atoms with Crippen molar-refractivity contribution in [3.8, 4) is 0 Å². The quantitative estimate of drug-likeness (QED) is 0.703. The van der Waals surface area contributed by atoms with E-state index in [2.05, 4.69) is 10.6 Å². The lowest BCUT2D eigenvalue weighted by Crippen LogP contribution is -2.46. The average molecular weight is 328 g/mol. The molecule has 2 amide bonds.